The van der Waals surface area contributed by atoms with Crippen molar-refractivity contribution in [3.63, 3.8) is 0 Å². The van der Waals surface area contributed by atoms with Crippen LogP contribution in [0.15, 0.2) is 24.3 Å². The van der Waals surface area contributed by atoms with Gasteiger partial charge in [-0.3, -0.25) is 4.79 Å². The number of methoxy groups -OCH3 is 1. The molecule has 1 heterocycles. The predicted octanol–water partition coefficient (Wildman–Crippen LogP) is 2.75. The van der Waals surface area contributed by atoms with E-state index in [1.54, 1.807) is 7.11 Å². The molecule has 1 fully saturated rings. The maximum Gasteiger partial charge on any atom is 0.236 e. The van der Waals surface area contributed by atoms with Crippen molar-refractivity contribution >= 4 is 5.91 Å². The zero-order valence-electron chi connectivity index (χ0n) is 13.1. The molecule has 1 aromatic rings. The van der Waals surface area contributed by atoms with Crippen LogP contribution in [0.4, 0.5) is 0 Å². The van der Waals surface area contributed by atoms with E-state index in [0.29, 0.717) is 6.54 Å². The number of hydrogen-bond acceptors (Lipinski definition) is 3. The van der Waals surface area contributed by atoms with Gasteiger partial charge in [0, 0.05) is 19.1 Å². The molecule has 1 amide bonds. The van der Waals surface area contributed by atoms with Crippen molar-refractivity contribution in [3.05, 3.63) is 29.8 Å². The van der Waals surface area contributed by atoms with Crippen molar-refractivity contribution in [1.29, 1.82) is 0 Å². The Bertz CT molecular complexity index is 437. The number of amides is 1. The van der Waals surface area contributed by atoms with Crippen LogP contribution < -0.4 is 10.1 Å². The van der Waals surface area contributed by atoms with E-state index in [1.807, 2.05) is 29.2 Å². The van der Waals surface area contributed by atoms with Crippen LogP contribution in [0.2, 0.25) is 0 Å². The lowest BCUT2D eigenvalue weighted by Gasteiger charge is -2.22. The quantitative estimate of drug-likeness (QED) is 0.906. The largest absolute Gasteiger partial charge is 0.497 e. The van der Waals surface area contributed by atoms with Gasteiger partial charge in [0.1, 0.15) is 5.75 Å². The Kier molecular flexibility index (Phi) is 6.05. The van der Waals surface area contributed by atoms with E-state index < -0.39 is 0 Å². The van der Waals surface area contributed by atoms with Crippen molar-refractivity contribution in [3.8, 4) is 5.75 Å². The van der Waals surface area contributed by atoms with Gasteiger partial charge >= 0.3 is 0 Å². The minimum atomic E-state index is 0.159. The third-order valence-corrected chi connectivity index (χ3v) is 4.13. The predicted molar refractivity (Wildman–Crippen MR) is 84.5 cm³/mol. The summed E-state index contributed by atoms with van der Waals surface area (Å²) in [6.07, 6.45) is 4.78. The van der Waals surface area contributed by atoms with Crippen LogP contribution in [0.5, 0.6) is 5.75 Å². The molecule has 1 atom stereocenters. The van der Waals surface area contributed by atoms with E-state index in [4.69, 9.17) is 4.74 Å². The SMILES string of the molecule is COc1ccc(C(C)NCC(=O)N2CCCCCC2)cc1. The van der Waals surface area contributed by atoms with Gasteiger partial charge < -0.3 is 15.0 Å². The first-order chi connectivity index (χ1) is 10.2. The summed E-state index contributed by atoms with van der Waals surface area (Å²) in [6.45, 7) is 4.32. The van der Waals surface area contributed by atoms with Crippen molar-refractivity contribution in [1.82, 2.24) is 10.2 Å². The van der Waals surface area contributed by atoms with Gasteiger partial charge in [-0.15, -0.1) is 0 Å². The highest BCUT2D eigenvalue weighted by Gasteiger charge is 2.16. The number of likely N-dealkylation sites (tertiary alicyclic amines) is 1. The summed E-state index contributed by atoms with van der Waals surface area (Å²) in [6, 6.07) is 8.13. The Morgan fingerprint density at radius 3 is 2.38 bits per heavy atom. The van der Waals surface area contributed by atoms with Crippen molar-refractivity contribution in [2.24, 2.45) is 0 Å². The zero-order chi connectivity index (χ0) is 15.1. The first-order valence-electron chi connectivity index (χ1n) is 7.86. The maximum absolute atomic E-state index is 12.2. The number of hydrogen-bond donors (Lipinski definition) is 1. The summed E-state index contributed by atoms with van der Waals surface area (Å²) in [5, 5.41) is 3.32. The summed E-state index contributed by atoms with van der Waals surface area (Å²) >= 11 is 0. The molecule has 2 rings (SSSR count). The lowest BCUT2D eigenvalue weighted by atomic mass is 10.1. The Labute approximate surface area is 127 Å². The molecule has 0 spiro atoms. The first-order valence-corrected chi connectivity index (χ1v) is 7.86. The molecule has 0 saturated carbocycles. The van der Waals surface area contributed by atoms with Gasteiger partial charge in [0.25, 0.3) is 0 Å². The topological polar surface area (TPSA) is 41.6 Å². The van der Waals surface area contributed by atoms with Gasteiger partial charge in [-0.1, -0.05) is 25.0 Å². The molecule has 1 aliphatic rings. The number of carbonyl (C=O) groups is 1. The number of rotatable bonds is 5. The summed E-state index contributed by atoms with van der Waals surface area (Å²) in [5.41, 5.74) is 1.17. The molecule has 0 aromatic heterocycles. The third-order valence-electron chi connectivity index (χ3n) is 4.13. The van der Waals surface area contributed by atoms with E-state index in [9.17, 15) is 4.79 Å². The standard InChI is InChI=1S/C17H26N2O2/c1-14(15-7-9-16(21-2)10-8-15)18-13-17(20)19-11-5-3-4-6-12-19/h7-10,14,18H,3-6,11-13H2,1-2H3. The third kappa shape index (κ3) is 4.74. The molecule has 1 unspecified atom stereocenters. The minimum Gasteiger partial charge on any atom is -0.497 e. The van der Waals surface area contributed by atoms with Crippen LogP contribution in [0.25, 0.3) is 0 Å². The van der Waals surface area contributed by atoms with Crippen LogP contribution in [0, 0.1) is 0 Å². The molecule has 116 valence electrons. The van der Waals surface area contributed by atoms with Gasteiger partial charge in [0.15, 0.2) is 0 Å². The number of benzene rings is 1. The maximum atomic E-state index is 12.2. The van der Waals surface area contributed by atoms with E-state index in [1.165, 1.54) is 18.4 Å². The Balaban J connectivity index is 1.81. The van der Waals surface area contributed by atoms with E-state index in [0.717, 1.165) is 31.7 Å². The Hall–Kier alpha value is -1.55. The average Bonchev–Trinajstić information content (AvgIpc) is 2.81. The van der Waals surface area contributed by atoms with E-state index >= 15 is 0 Å². The lowest BCUT2D eigenvalue weighted by Crippen LogP contribution is -2.39. The van der Waals surface area contributed by atoms with Crippen molar-refractivity contribution in [2.45, 2.75) is 38.6 Å². The fourth-order valence-electron chi connectivity index (χ4n) is 2.68. The second-order valence-corrected chi connectivity index (χ2v) is 5.67. The second kappa shape index (κ2) is 8.03. The summed E-state index contributed by atoms with van der Waals surface area (Å²) in [7, 11) is 1.66. The van der Waals surface area contributed by atoms with E-state index in [2.05, 4.69) is 12.2 Å². The highest BCUT2D eigenvalue weighted by molar-refractivity contribution is 5.78. The Morgan fingerprint density at radius 2 is 1.81 bits per heavy atom. The fourth-order valence-corrected chi connectivity index (χ4v) is 2.68. The van der Waals surface area contributed by atoms with Gasteiger partial charge in [-0.05, 0) is 37.5 Å². The number of ether oxygens (including phenoxy) is 1. The van der Waals surface area contributed by atoms with Crippen LogP contribution >= 0.6 is 0 Å². The highest BCUT2D eigenvalue weighted by Crippen LogP contribution is 2.17. The molecule has 4 heteroatoms. The van der Waals surface area contributed by atoms with Gasteiger partial charge in [-0.2, -0.15) is 0 Å². The minimum absolute atomic E-state index is 0.159. The fraction of sp³-hybridized carbons (Fsp3) is 0.588. The molecule has 1 aliphatic heterocycles. The van der Waals surface area contributed by atoms with Crippen LogP contribution in [0.1, 0.15) is 44.2 Å². The number of nitrogens with one attached hydrogen (secondary N) is 1. The molecule has 21 heavy (non-hydrogen) atoms. The van der Waals surface area contributed by atoms with Crippen LogP contribution in [0.3, 0.4) is 0 Å². The molecular weight excluding hydrogens is 264 g/mol. The average molecular weight is 290 g/mol. The molecule has 1 N–H and O–H groups in total. The Morgan fingerprint density at radius 1 is 1.19 bits per heavy atom. The lowest BCUT2D eigenvalue weighted by molar-refractivity contribution is -0.130. The molecule has 0 radical (unpaired) electrons. The number of carbonyl (C=O) groups excluding carboxylic acids is 1. The van der Waals surface area contributed by atoms with E-state index in [-0.39, 0.29) is 11.9 Å². The van der Waals surface area contributed by atoms with Gasteiger partial charge in [0.05, 0.1) is 13.7 Å². The molecule has 4 nitrogen and oxygen atoms in total. The summed E-state index contributed by atoms with van der Waals surface area (Å²) in [5.74, 6) is 1.07. The molecule has 1 saturated heterocycles. The molecule has 0 aliphatic carbocycles. The van der Waals surface area contributed by atoms with Crippen LogP contribution in [-0.4, -0.2) is 37.6 Å². The van der Waals surface area contributed by atoms with Crippen molar-refractivity contribution in [2.75, 3.05) is 26.7 Å². The molecule has 0 bridgehead atoms. The van der Waals surface area contributed by atoms with Crippen LogP contribution in [-0.2, 0) is 4.79 Å². The monoisotopic (exact) mass is 290 g/mol. The molecule has 1 aromatic carbocycles. The summed E-state index contributed by atoms with van der Waals surface area (Å²) in [4.78, 5) is 14.2. The summed E-state index contributed by atoms with van der Waals surface area (Å²) < 4.78 is 5.16. The first kappa shape index (κ1) is 15.8. The molecular formula is C17H26N2O2. The van der Waals surface area contributed by atoms with Gasteiger partial charge in [0.2, 0.25) is 5.91 Å². The zero-order valence-corrected chi connectivity index (χ0v) is 13.1. The number of nitrogens with zero attached hydrogens (tertiary/aromatic N) is 1. The normalized spacial score (nSPS) is 17.1. The van der Waals surface area contributed by atoms with Gasteiger partial charge in [-0.25, -0.2) is 0 Å². The smallest absolute Gasteiger partial charge is 0.236 e. The second-order valence-electron chi connectivity index (χ2n) is 5.67. The highest BCUT2D eigenvalue weighted by atomic mass is 16.5. The van der Waals surface area contributed by atoms with Crippen molar-refractivity contribution < 1.29 is 9.53 Å².